The van der Waals surface area contributed by atoms with Crippen molar-refractivity contribution < 1.29 is 9.90 Å². The van der Waals surface area contributed by atoms with Gasteiger partial charge in [0.2, 0.25) is 5.91 Å². The summed E-state index contributed by atoms with van der Waals surface area (Å²) in [6.45, 7) is 4.89. The minimum atomic E-state index is -0.340. The molecule has 2 N–H and O–H groups in total. The van der Waals surface area contributed by atoms with Crippen LogP contribution in [0, 0.1) is 6.92 Å². The fourth-order valence-corrected chi connectivity index (χ4v) is 2.50. The molecule has 1 unspecified atom stereocenters. The number of aliphatic hydroxyl groups excluding tert-OH is 1. The third-order valence-electron chi connectivity index (χ3n) is 3.03. The molecular formula is C13H22N2O3S. The van der Waals surface area contributed by atoms with Gasteiger partial charge in [-0.15, -0.1) is 0 Å². The van der Waals surface area contributed by atoms with E-state index < -0.39 is 0 Å². The van der Waals surface area contributed by atoms with Gasteiger partial charge in [-0.05, 0) is 26.2 Å². The lowest BCUT2D eigenvalue weighted by Gasteiger charge is -2.09. The topological polar surface area (TPSA) is 71.3 Å². The van der Waals surface area contributed by atoms with Crippen LogP contribution in [0.1, 0.15) is 38.3 Å². The summed E-state index contributed by atoms with van der Waals surface area (Å²) in [5, 5.41) is 13.9. The first-order chi connectivity index (χ1) is 9.04. The minimum absolute atomic E-state index is 0.0239. The predicted octanol–water partition coefficient (Wildman–Crippen LogP) is 1.28. The number of nitrogens with zero attached hydrogens (tertiary/aromatic N) is 1. The number of amides is 1. The number of rotatable bonds is 8. The molecule has 1 rings (SSSR count). The van der Waals surface area contributed by atoms with Crippen LogP contribution in [0.15, 0.2) is 10.2 Å². The molecule has 0 bridgehead atoms. The van der Waals surface area contributed by atoms with Gasteiger partial charge in [0, 0.05) is 30.6 Å². The van der Waals surface area contributed by atoms with Gasteiger partial charge in [-0.2, -0.15) is 0 Å². The molecule has 0 aromatic carbocycles. The number of carbonyl (C=O) groups is 1. The van der Waals surface area contributed by atoms with Crippen LogP contribution in [-0.2, 0) is 11.3 Å². The van der Waals surface area contributed by atoms with Gasteiger partial charge in [0.1, 0.15) is 0 Å². The van der Waals surface area contributed by atoms with E-state index in [9.17, 15) is 14.7 Å². The molecule has 0 aliphatic carbocycles. The first-order valence-electron chi connectivity index (χ1n) is 6.64. The van der Waals surface area contributed by atoms with E-state index in [4.69, 9.17) is 0 Å². The molecule has 108 valence electrons. The maximum Gasteiger partial charge on any atom is 0.307 e. The van der Waals surface area contributed by atoms with Crippen LogP contribution < -0.4 is 10.2 Å². The van der Waals surface area contributed by atoms with Crippen LogP contribution in [0.2, 0.25) is 0 Å². The first-order valence-corrected chi connectivity index (χ1v) is 7.52. The van der Waals surface area contributed by atoms with E-state index in [0.29, 0.717) is 38.8 Å². The predicted molar refractivity (Wildman–Crippen MR) is 76.5 cm³/mol. The Balaban J connectivity index is 2.19. The Morgan fingerprint density at radius 2 is 2.32 bits per heavy atom. The van der Waals surface area contributed by atoms with Crippen molar-refractivity contribution in [3.63, 3.8) is 0 Å². The standard InChI is InChI=1S/C13H22N2O3S/c1-3-11(16)6-7-14-12(17)5-4-8-15-10(2)9-19-13(15)18/h9,11,16H,3-8H2,1-2H3,(H,14,17). The van der Waals surface area contributed by atoms with Crippen LogP contribution in [-0.4, -0.2) is 28.2 Å². The fourth-order valence-electron chi connectivity index (χ4n) is 1.74. The second kappa shape index (κ2) is 8.12. The highest BCUT2D eigenvalue weighted by Crippen LogP contribution is 2.02. The van der Waals surface area contributed by atoms with Crippen molar-refractivity contribution in [1.29, 1.82) is 0 Å². The molecule has 0 saturated heterocycles. The van der Waals surface area contributed by atoms with E-state index >= 15 is 0 Å². The molecule has 0 spiro atoms. The number of aliphatic hydroxyl groups is 1. The minimum Gasteiger partial charge on any atom is -0.393 e. The van der Waals surface area contributed by atoms with Gasteiger partial charge in [0.15, 0.2) is 0 Å². The summed E-state index contributed by atoms with van der Waals surface area (Å²) in [5.41, 5.74) is 0.946. The highest BCUT2D eigenvalue weighted by molar-refractivity contribution is 7.07. The van der Waals surface area contributed by atoms with Gasteiger partial charge in [0.25, 0.3) is 0 Å². The van der Waals surface area contributed by atoms with Gasteiger partial charge in [-0.25, -0.2) is 0 Å². The smallest absolute Gasteiger partial charge is 0.307 e. The van der Waals surface area contributed by atoms with Gasteiger partial charge in [-0.1, -0.05) is 18.3 Å². The van der Waals surface area contributed by atoms with Crippen molar-refractivity contribution in [3.8, 4) is 0 Å². The largest absolute Gasteiger partial charge is 0.393 e. The van der Waals surface area contributed by atoms with Crippen molar-refractivity contribution >= 4 is 17.2 Å². The summed E-state index contributed by atoms with van der Waals surface area (Å²) >= 11 is 1.19. The molecule has 0 saturated carbocycles. The van der Waals surface area contributed by atoms with Gasteiger partial charge in [-0.3, -0.25) is 9.59 Å². The molecule has 0 aliphatic rings. The van der Waals surface area contributed by atoms with E-state index in [0.717, 1.165) is 5.69 Å². The van der Waals surface area contributed by atoms with E-state index in [2.05, 4.69) is 5.32 Å². The molecule has 0 aliphatic heterocycles. The van der Waals surface area contributed by atoms with Gasteiger partial charge >= 0.3 is 4.87 Å². The first kappa shape index (κ1) is 15.9. The molecule has 0 radical (unpaired) electrons. The van der Waals surface area contributed by atoms with Gasteiger partial charge in [0.05, 0.1) is 6.10 Å². The molecule has 0 fully saturated rings. The Morgan fingerprint density at radius 1 is 1.58 bits per heavy atom. The Labute approximate surface area is 117 Å². The van der Waals surface area contributed by atoms with E-state index in [-0.39, 0.29) is 16.9 Å². The van der Waals surface area contributed by atoms with Crippen molar-refractivity contribution in [1.82, 2.24) is 9.88 Å². The monoisotopic (exact) mass is 286 g/mol. The summed E-state index contributed by atoms with van der Waals surface area (Å²) in [6, 6.07) is 0. The molecular weight excluding hydrogens is 264 g/mol. The molecule has 5 nitrogen and oxygen atoms in total. The van der Waals surface area contributed by atoms with Crippen LogP contribution in [0.5, 0.6) is 0 Å². The highest BCUT2D eigenvalue weighted by atomic mass is 32.1. The number of hydrogen-bond acceptors (Lipinski definition) is 4. The molecule has 6 heteroatoms. The zero-order valence-electron chi connectivity index (χ0n) is 11.5. The maximum atomic E-state index is 11.5. The second-order valence-corrected chi connectivity index (χ2v) is 5.42. The normalized spacial score (nSPS) is 12.4. The molecule has 1 heterocycles. The molecule has 1 aromatic rings. The van der Waals surface area contributed by atoms with Gasteiger partial charge < -0.3 is 15.0 Å². The van der Waals surface area contributed by atoms with Crippen molar-refractivity contribution in [2.75, 3.05) is 6.54 Å². The van der Waals surface area contributed by atoms with Crippen LogP contribution in [0.25, 0.3) is 0 Å². The zero-order chi connectivity index (χ0) is 14.3. The van der Waals surface area contributed by atoms with Crippen molar-refractivity contribution in [2.45, 2.75) is 52.2 Å². The Hall–Kier alpha value is -1.14. The van der Waals surface area contributed by atoms with E-state index in [1.54, 1.807) is 4.57 Å². The Bertz CT molecular complexity index is 453. The van der Waals surface area contributed by atoms with Crippen LogP contribution >= 0.6 is 11.3 Å². The lowest BCUT2D eigenvalue weighted by atomic mass is 10.2. The van der Waals surface area contributed by atoms with Crippen molar-refractivity contribution in [3.05, 3.63) is 20.7 Å². The van der Waals surface area contributed by atoms with E-state index in [1.165, 1.54) is 11.3 Å². The number of thiazole rings is 1. The Morgan fingerprint density at radius 3 is 2.89 bits per heavy atom. The molecule has 1 aromatic heterocycles. The van der Waals surface area contributed by atoms with Crippen LogP contribution in [0.3, 0.4) is 0 Å². The summed E-state index contributed by atoms with van der Waals surface area (Å²) in [4.78, 5) is 23.0. The zero-order valence-corrected chi connectivity index (χ0v) is 12.3. The SMILES string of the molecule is CCC(O)CCNC(=O)CCCn1c(C)csc1=O. The summed E-state index contributed by atoms with van der Waals surface area (Å²) in [5.74, 6) is -0.0239. The van der Waals surface area contributed by atoms with Crippen LogP contribution in [0.4, 0.5) is 0 Å². The highest BCUT2D eigenvalue weighted by Gasteiger charge is 2.06. The summed E-state index contributed by atoms with van der Waals surface area (Å²) in [6.07, 6.45) is 2.01. The Kier molecular flexibility index (Phi) is 6.80. The average Bonchev–Trinajstić information content (AvgIpc) is 2.70. The summed E-state index contributed by atoms with van der Waals surface area (Å²) in [7, 11) is 0. The quantitative estimate of drug-likeness (QED) is 0.756. The maximum absolute atomic E-state index is 11.5. The number of nitrogens with one attached hydrogen (secondary N) is 1. The lowest BCUT2D eigenvalue weighted by Crippen LogP contribution is -2.27. The second-order valence-electron chi connectivity index (χ2n) is 4.60. The fraction of sp³-hybridized carbons (Fsp3) is 0.692. The molecule has 1 amide bonds. The number of hydrogen-bond donors (Lipinski definition) is 2. The average molecular weight is 286 g/mol. The molecule has 19 heavy (non-hydrogen) atoms. The molecule has 1 atom stereocenters. The van der Waals surface area contributed by atoms with Crippen molar-refractivity contribution in [2.24, 2.45) is 0 Å². The third-order valence-corrected chi connectivity index (χ3v) is 3.91. The number of aryl methyl sites for hydroxylation is 1. The third kappa shape index (κ3) is 5.57. The summed E-state index contributed by atoms with van der Waals surface area (Å²) < 4.78 is 1.69. The lowest BCUT2D eigenvalue weighted by molar-refractivity contribution is -0.121. The van der Waals surface area contributed by atoms with E-state index in [1.807, 2.05) is 19.2 Å². The number of aromatic nitrogens is 1. The number of carbonyl (C=O) groups excluding carboxylic acids is 1.